The Morgan fingerprint density at radius 1 is 1.04 bits per heavy atom. The van der Waals surface area contributed by atoms with Gasteiger partial charge in [0, 0.05) is 37.1 Å². The van der Waals surface area contributed by atoms with E-state index in [9.17, 15) is 4.79 Å². The average Bonchev–Trinajstić information content (AvgIpc) is 3.23. The Morgan fingerprint density at radius 2 is 1.84 bits per heavy atom. The van der Waals surface area contributed by atoms with Gasteiger partial charge in [0.05, 0.1) is 5.51 Å². The van der Waals surface area contributed by atoms with Crippen molar-refractivity contribution in [3.63, 3.8) is 0 Å². The highest BCUT2D eigenvalue weighted by atomic mass is 32.1. The maximum absolute atomic E-state index is 12.9. The molecule has 4 aliphatic rings. The van der Waals surface area contributed by atoms with E-state index in [0.29, 0.717) is 23.7 Å². The highest BCUT2D eigenvalue weighted by molar-refractivity contribution is 7.07. The van der Waals surface area contributed by atoms with Crippen LogP contribution in [0.15, 0.2) is 35.2 Å². The predicted molar refractivity (Wildman–Crippen MR) is 98.9 cm³/mol. The van der Waals surface area contributed by atoms with Crippen molar-refractivity contribution in [2.24, 2.45) is 5.92 Å². The van der Waals surface area contributed by atoms with Crippen molar-refractivity contribution < 1.29 is 4.79 Å². The van der Waals surface area contributed by atoms with E-state index in [4.69, 9.17) is 0 Å². The van der Waals surface area contributed by atoms with E-state index in [1.165, 1.54) is 28.9 Å². The van der Waals surface area contributed by atoms with Gasteiger partial charge in [0.1, 0.15) is 5.69 Å². The van der Waals surface area contributed by atoms with Crippen molar-refractivity contribution in [1.29, 1.82) is 0 Å². The molecule has 1 amide bonds. The van der Waals surface area contributed by atoms with E-state index in [1.54, 1.807) is 5.51 Å². The van der Waals surface area contributed by atoms with Gasteiger partial charge in [0.15, 0.2) is 0 Å². The van der Waals surface area contributed by atoms with Gasteiger partial charge in [-0.25, -0.2) is 4.98 Å². The summed E-state index contributed by atoms with van der Waals surface area (Å²) in [6.45, 7) is 3.05. The second kappa shape index (κ2) is 6.22. The second-order valence-corrected chi connectivity index (χ2v) is 8.43. The van der Waals surface area contributed by atoms with Crippen LogP contribution in [-0.4, -0.2) is 52.4 Å². The van der Waals surface area contributed by atoms with E-state index < -0.39 is 0 Å². The molecule has 1 aliphatic carbocycles. The molecule has 2 aromatic rings. The Hall–Kier alpha value is -1.72. The molecule has 1 aromatic heterocycles. The van der Waals surface area contributed by atoms with Gasteiger partial charge in [-0.3, -0.25) is 9.69 Å². The Balaban J connectivity index is 1.34. The Labute approximate surface area is 152 Å². The first-order valence-corrected chi connectivity index (χ1v) is 10.2. The number of amides is 1. The van der Waals surface area contributed by atoms with E-state index in [1.807, 2.05) is 5.38 Å². The summed E-state index contributed by atoms with van der Waals surface area (Å²) in [5.41, 5.74) is 5.40. The smallest absolute Gasteiger partial charge is 0.273 e. The highest BCUT2D eigenvalue weighted by Gasteiger charge is 2.40. The molecule has 0 unspecified atom stereocenters. The number of piperidine rings is 1. The molecule has 0 spiro atoms. The minimum absolute atomic E-state index is 0.132. The fourth-order valence-corrected chi connectivity index (χ4v) is 5.45. The lowest BCUT2D eigenvalue weighted by atomic mass is 9.95. The molecule has 2 atom stereocenters. The van der Waals surface area contributed by atoms with Crippen LogP contribution in [0.3, 0.4) is 0 Å². The number of rotatable bonds is 2. The Bertz CT molecular complexity index is 750. The largest absolute Gasteiger partial charge is 0.333 e. The maximum Gasteiger partial charge on any atom is 0.273 e. The molecule has 1 aromatic carbocycles. The SMILES string of the molecule is O=C(c1cscn1)N1C[C@H]2CC[C@@H]1CN(C1Cc3ccccc3C1)C2. The number of carbonyl (C=O) groups excluding carboxylic acids is 1. The van der Waals surface area contributed by atoms with Gasteiger partial charge in [-0.05, 0) is 42.7 Å². The van der Waals surface area contributed by atoms with Crippen LogP contribution >= 0.6 is 11.3 Å². The minimum atomic E-state index is 0.132. The van der Waals surface area contributed by atoms with Crippen molar-refractivity contribution >= 4 is 17.2 Å². The lowest BCUT2D eigenvalue weighted by molar-refractivity contribution is 0.0576. The first kappa shape index (κ1) is 15.5. The summed E-state index contributed by atoms with van der Waals surface area (Å²) in [7, 11) is 0. The standard InChI is InChI=1S/C20H23N3OS/c24-20(19-12-25-13-21-19)23-10-14-5-6-17(23)11-22(9-14)18-7-15-3-1-2-4-16(15)8-18/h1-4,12-14,17-18H,5-11H2/t14-,17+/m0/s1. The van der Waals surface area contributed by atoms with Crippen molar-refractivity contribution in [2.45, 2.75) is 37.8 Å². The van der Waals surface area contributed by atoms with Crippen LogP contribution in [0.4, 0.5) is 0 Å². The van der Waals surface area contributed by atoms with Crippen LogP contribution < -0.4 is 0 Å². The van der Waals surface area contributed by atoms with Crippen LogP contribution in [0.5, 0.6) is 0 Å². The number of benzene rings is 1. The van der Waals surface area contributed by atoms with E-state index in [2.05, 4.69) is 39.0 Å². The summed E-state index contributed by atoms with van der Waals surface area (Å²) in [5.74, 6) is 0.734. The number of nitrogens with zero attached hydrogens (tertiary/aromatic N) is 3. The average molecular weight is 353 g/mol. The van der Waals surface area contributed by atoms with Gasteiger partial charge >= 0.3 is 0 Å². The molecule has 3 saturated heterocycles. The fraction of sp³-hybridized carbons (Fsp3) is 0.500. The second-order valence-electron chi connectivity index (χ2n) is 7.71. The molecular weight excluding hydrogens is 330 g/mol. The molecule has 0 radical (unpaired) electrons. The molecular formula is C20H23N3OS. The molecule has 6 rings (SSSR count). The summed E-state index contributed by atoms with van der Waals surface area (Å²) < 4.78 is 0. The number of carbonyl (C=O) groups is 1. The molecule has 0 saturated carbocycles. The van der Waals surface area contributed by atoms with Crippen molar-refractivity contribution in [3.05, 3.63) is 52.0 Å². The van der Waals surface area contributed by atoms with Crippen molar-refractivity contribution in [3.8, 4) is 0 Å². The summed E-state index contributed by atoms with van der Waals surface area (Å²) in [6, 6.07) is 9.81. The molecule has 4 nitrogen and oxygen atoms in total. The van der Waals surface area contributed by atoms with E-state index in [0.717, 1.165) is 38.9 Å². The maximum atomic E-state index is 12.9. The first-order chi connectivity index (χ1) is 12.3. The third-order valence-electron chi connectivity index (χ3n) is 6.20. The van der Waals surface area contributed by atoms with Crippen molar-refractivity contribution in [1.82, 2.24) is 14.8 Å². The van der Waals surface area contributed by atoms with Gasteiger partial charge in [-0.2, -0.15) is 0 Å². The lowest BCUT2D eigenvalue weighted by Crippen LogP contribution is -2.48. The quantitative estimate of drug-likeness (QED) is 0.833. The number of aromatic nitrogens is 1. The van der Waals surface area contributed by atoms with Gasteiger partial charge < -0.3 is 4.90 Å². The third-order valence-corrected chi connectivity index (χ3v) is 6.79. The summed E-state index contributed by atoms with van der Waals surface area (Å²) >= 11 is 1.50. The van der Waals surface area contributed by atoms with Gasteiger partial charge in [-0.1, -0.05) is 24.3 Å². The third kappa shape index (κ3) is 2.79. The van der Waals surface area contributed by atoms with Crippen LogP contribution in [0.1, 0.15) is 34.5 Å². The summed E-state index contributed by atoms with van der Waals surface area (Å²) in [4.78, 5) is 21.9. The molecule has 5 heteroatoms. The zero-order valence-electron chi connectivity index (χ0n) is 14.3. The van der Waals surface area contributed by atoms with Crippen LogP contribution in [0.25, 0.3) is 0 Å². The number of hydrogen-bond donors (Lipinski definition) is 0. The van der Waals surface area contributed by atoms with Crippen molar-refractivity contribution in [2.75, 3.05) is 19.6 Å². The monoisotopic (exact) mass is 353 g/mol. The Kier molecular flexibility index (Phi) is 3.86. The van der Waals surface area contributed by atoms with Crippen LogP contribution in [0.2, 0.25) is 0 Å². The van der Waals surface area contributed by atoms with Gasteiger partial charge in [0.2, 0.25) is 0 Å². The summed E-state index contributed by atoms with van der Waals surface area (Å²) in [5, 5.41) is 1.88. The first-order valence-electron chi connectivity index (χ1n) is 9.28. The molecule has 2 bridgehead atoms. The zero-order valence-corrected chi connectivity index (χ0v) is 15.1. The Morgan fingerprint density at radius 3 is 2.56 bits per heavy atom. The number of fused-ring (bicyclic) bond motifs is 5. The molecule has 4 heterocycles. The van der Waals surface area contributed by atoms with Gasteiger partial charge in [0.25, 0.3) is 5.91 Å². The van der Waals surface area contributed by atoms with E-state index >= 15 is 0 Å². The van der Waals surface area contributed by atoms with Crippen LogP contribution in [-0.2, 0) is 12.8 Å². The molecule has 0 N–H and O–H groups in total. The number of thiazole rings is 1. The molecule has 25 heavy (non-hydrogen) atoms. The predicted octanol–water partition coefficient (Wildman–Crippen LogP) is 2.85. The number of hydrogen-bond acceptors (Lipinski definition) is 4. The minimum Gasteiger partial charge on any atom is -0.333 e. The van der Waals surface area contributed by atoms with Crippen LogP contribution in [0, 0.1) is 5.92 Å². The normalized spacial score (nSPS) is 26.6. The highest BCUT2D eigenvalue weighted by Crippen LogP contribution is 2.33. The lowest BCUT2D eigenvalue weighted by Gasteiger charge is -2.36. The molecule has 130 valence electrons. The van der Waals surface area contributed by atoms with E-state index in [-0.39, 0.29) is 5.91 Å². The zero-order chi connectivity index (χ0) is 16.8. The molecule has 3 fully saturated rings. The molecule has 3 aliphatic heterocycles. The fourth-order valence-electron chi connectivity index (χ4n) is 4.92. The summed E-state index contributed by atoms with van der Waals surface area (Å²) in [6.07, 6.45) is 4.71. The topological polar surface area (TPSA) is 36.4 Å². The van der Waals surface area contributed by atoms with Gasteiger partial charge in [-0.15, -0.1) is 11.3 Å².